The minimum atomic E-state index is -4.81. The van der Waals surface area contributed by atoms with Crippen LogP contribution in [0.15, 0.2) is 47.1 Å². The number of hydrogen-bond acceptors (Lipinski definition) is 4. The third-order valence-corrected chi connectivity index (χ3v) is 3.10. The molecule has 3 aromatic rings. The summed E-state index contributed by atoms with van der Waals surface area (Å²) in [7, 11) is 0. The van der Waals surface area contributed by atoms with Gasteiger partial charge in [-0.25, -0.2) is 0 Å². The highest BCUT2D eigenvalue weighted by Crippen LogP contribution is 2.26. The van der Waals surface area contributed by atoms with Gasteiger partial charge < -0.3 is 14.1 Å². The van der Waals surface area contributed by atoms with E-state index >= 15 is 0 Å². The van der Waals surface area contributed by atoms with Crippen molar-refractivity contribution in [2.45, 2.75) is 6.36 Å². The maximum Gasteiger partial charge on any atom is 0.573 e. The van der Waals surface area contributed by atoms with E-state index in [1.165, 1.54) is 30.5 Å². The Labute approximate surface area is 137 Å². The highest BCUT2D eigenvalue weighted by Gasteiger charge is 2.31. The summed E-state index contributed by atoms with van der Waals surface area (Å²) in [5.41, 5.74) is 4.77. The lowest BCUT2D eigenvalue weighted by atomic mass is 10.2. The topological polar surface area (TPSA) is 96.4 Å². The van der Waals surface area contributed by atoms with Crippen molar-refractivity contribution in [2.24, 2.45) is 0 Å². The summed E-state index contributed by atoms with van der Waals surface area (Å²) >= 11 is 0. The van der Waals surface area contributed by atoms with Gasteiger partial charge in [0.05, 0.1) is 6.26 Å². The van der Waals surface area contributed by atoms with Gasteiger partial charge in [-0.15, -0.1) is 13.2 Å². The molecule has 2 amide bonds. The molecule has 2 aromatic heterocycles. The molecule has 0 aliphatic carbocycles. The van der Waals surface area contributed by atoms with Gasteiger partial charge in [0.15, 0.2) is 5.76 Å². The van der Waals surface area contributed by atoms with Gasteiger partial charge in [-0.3, -0.25) is 20.4 Å². The molecule has 3 rings (SSSR count). The molecule has 10 heteroatoms. The van der Waals surface area contributed by atoms with E-state index < -0.39 is 23.9 Å². The van der Waals surface area contributed by atoms with Crippen molar-refractivity contribution in [1.29, 1.82) is 0 Å². The number of amides is 2. The molecule has 0 bridgehead atoms. The van der Waals surface area contributed by atoms with Crippen LogP contribution < -0.4 is 15.6 Å². The van der Waals surface area contributed by atoms with Crippen molar-refractivity contribution < 1.29 is 31.9 Å². The summed E-state index contributed by atoms with van der Waals surface area (Å²) in [6.07, 6.45) is -3.50. The van der Waals surface area contributed by atoms with E-state index in [2.05, 4.69) is 20.6 Å². The lowest BCUT2D eigenvalue weighted by Gasteiger charge is -2.08. The SMILES string of the molecule is O=C(NNC(=O)c1ccco1)c1cc2cc(OC(F)(F)F)ccc2[nH]1. The molecular formula is C15H10F3N3O4. The number of furan rings is 1. The number of ether oxygens (including phenoxy) is 1. The lowest BCUT2D eigenvalue weighted by Crippen LogP contribution is -2.41. The van der Waals surface area contributed by atoms with E-state index in [1.807, 2.05) is 0 Å². The van der Waals surface area contributed by atoms with Crippen LogP contribution >= 0.6 is 0 Å². The van der Waals surface area contributed by atoms with Crippen LogP contribution in [0, 0.1) is 0 Å². The number of carbonyl (C=O) groups excluding carboxylic acids is 2. The molecule has 0 radical (unpaired) electrons. The van der Waals surface area contributed by atoms with Crippen molar-refractivity contribution in [3.63, 3.8) is 0 Å². The number of benzene rings is 1. The molecule has 0 atom stereocenters. The van der Waals surface area contributed by atoms with E-state index in [0.29, 0.717) is 10.9 Å². The fourth-order valence-electron chi connectivity index (χ4n) is 2.08. The molecule has 1 aromatic carbocycles. The number of H-pyrrole nitrogens is 1. The Hall–Kier alpha value is -3.43. The minimum absolute atomic E-state index is 0.00545. The van der Waals surface area contributed by atoms with Crippen molar-refractivity contribution in [1.82, 2.24) is 15.8 Å². The quantitative estimate of drug-likeness (QED) is 0.631. The average molecular weight is 353 g/mol. The predicted molar refractivity (Wildman–Crippen MR) is 78.6 cm³/mol. The first-order chi connectivity index (χ1) is 11.8. The standard InChI is InChI=1S/C15H10F3N3O4/c16-15(17,18)25-9-3-4-10-8(6-9)7-11(19-10)13(22)20-21-14(23)12-2-1-5-24-12/h1-7,19H,(H,20,22)(H,21,23). The number of fused-ring (bicyclic) bond motifs is 1. The zero-order valence-corrected chi connectivity index (χ0v) is 12.3. The van der Waals surface area contributed by atoms with E-state index in [0.717, 1.165) is 12.1 Å². The van der Waals surface area contributed by atoms with Crippen LogP contribution in [0.25, 0.3) is 10.9 Å². The van der Waals surface area contributed by atoms with Gasteiger partial charge >= 0.3 is 12.3 Å². The maximum absolute atomic E-state index is 12.2. The number of halogens is 3. The van der Waals surface area contributed by atoms with Gasteiger partial charge in [0.25, 0.3) is 5.91 Å². The number of nitrogens with one attached hydrogen (secondary N) is 3. The first kappa shape index (κ1) is 16.4. The molecule has 0 saturated carbocycles. The van der Waals surface area contributed by atoms with Crippen LogP contribution in [0.3, 0.4) is 0 Å². The summed E-state index contributed by atoms with van der Waals surface area (Å²) < 4.78 is 45.4. The molecule has 3 N–H and O–H groups in total. The van der Waals surface area contributed by atoms with Crippen molar-refractivity contribution >= 4 is 22.7 Å². The largest absolute Gasteiger partial charge is 0.573 e. The molecule has 130 valence electrons. The summed E-state index contributed by atoms with van der Waals surface area (Å²) in [4.78, 5) is 26.4. The van der Waals surface area contributed by atoms with E-state index in [4.69, 9.17) is 4.42 Å². The number of alkyl halides is 3. The molecule has 0 aliphatic rings. The Bertz CT molecular complexity index is 916. The first-order valence-corrected chi connectivity index (χ1v) is 6.84. The monoisotopic (exact) mass is 353 g/mol. The summed E-state index contributed by atoms with van der Waals surface area (Å²) in [5, 5.41) is 0.337. The zero-order valence-electron chi connectivity index (χ0n) is 12.3. The number of hydrazine groups is 1. The molecular weight excluding hydrogens is 343 g/mol. The van der Waals surface area contributed by atoms with Crippen LogP contribution in [0.2, 0.25) is 0 Å². The maximum atomic E-state index is 12.2. The first-order valence-electron chi connectivity index (χ1n) is 6.84. The molecule has 0 saturated heterocycles. The number of aromatic amines is 1. The average Bonchev–Trinajstić information content (AvgIpc) is 3.19. The van der Waals surface area contributed by atoms with Crippen molar-refractivity contribution in [3.8, 4) is 5.75 Å². The van der Waals surface area contributed by atoms with Crippen molar-refractivity contribution in [3.05, 3.63) is 54.1 Å². The van der Waals surface area contributed by atoms with Gasteiger partial charge in [-0.2, -0.15) is 0 Å². The van der Waals surface area contributed by atoms with Gasteiger partial charge in [-0.1, -0.05) is 0 Å². The third kappa shape index (κ3) is 3.91. The Morgan fingerprint density at radius 1 is 1.08 bits per heavy atom. The fraction of sp³-hybridized carbons (Fsp3) is 0.0667. The van der Waals surface area contributed by atoms with Crippen molar-refractivity contribution in [2.75, 3.05) is 0 Å². The normalized spacial score (nSPS) is 11.3. The second kappa shape index (κ2) is 6.23. The number of rotatable bonds is 3. The summed E-state index contributed by atoms with van der Waals surface area (Å²) in [5.74, 6) is -1.74. The molecule has 0 aliphatic heterocycles. The third-order valence-electron chi connectivity index (χ3n) is 3.10. The summed E-state index contributed by atoms with van der Waals surface area (Å²) in [6, 6.07) is 7.84. The molecule has 7 nitrogen and oxygen atoms in total. The Kier molecular flexibility index (Phi) is 4.09. The zero-order chi connectivity index (χ0) is 18.0. The van der Waals surface area contributed by atoms with E-state index in [1.54, 1.807) is 0 Å². The number of carbonyl (C=O) groups is 2. The second-order valence-electron chi connectivity index (χ2n) is 4.87. The number of aromatic nitrogens is 1. The van der Waals surface area contributed by atoms with Gasteiger partial charge in [0.1, 0.15) is 11.4 Å². The Morgan fingerprint density at radius 3 is 2.52 bits per heavy atom. The fourth-order valence-corrected chi connectivity index (χ4v) is 2.08. The Balaban J connectivity index is 1.70. The minimum Gasteiger partial charge on any atom is -0.459 e. The van der Waals surface area contributed by atoms with Gasteiger partial charge in [0, 0.05) is 10.9 Å². The van der Waals surface area contributed by atoms with E-state index in [-0.39, 0.29) is 11.5 Å². The lowest BCUT2D eigenvalue weighted by molar-refractivity contribution is -0.274. The molecule has 0 fully saturated rings. The van der Waals surface area contributed by atoms with Gasteiger partial charge in [0.2, 0.25) is 0 Å². The van der Waals surface area contributed by atoms with Crippen LogP contribution in [-0.2, 0) is 0 Å². The Morgan fingerprint density at radius 2 is 1.84 bits per heavy atom. The van der Waals surface area contributed by atoms with Crippen LogP contribution in [0.5, 0.6) is 5.75 Å². The molecule has 25 heavy (non-hydrogen) atoms. The highest BCUT2D eigenvalue weighted by atomic mass is 19.4. The molecule has 0 spiro atoms. The smallest absolute Gasteiger partial charge is 0.459 e. The second-order valence-corrected chi connectivity index (χ2v) is 4.87. The highest BCUT2D eigenvalue weighted by molar-refractivity contribution is 6.00. The van der Waals surface area contributed by atoms with Crippen LogP contribution in [0.1, 0.15) is 21.0 Å². The summed E-state index contributed by atoms with van der Waals surface area (Å²) in [6.45, 7) is 0. The van der Waals surface area contributed by atoms with E-state index in [9.17, 15) is 22.8 Å². The van der Waals surface area contributed by atoms with Gasteiger partial charge in [-0.05, 0) is 36.4 Å². The molecule has 0 unspecified atom stereocenters. The van der Waals surface area contributed by atoms with Crippen LogP contribution in [0.4, 0.5) is 13.2 Å². The predicted octanol–water partition coefficient (Wildman–Crippen LogP) is 2.73. The molecule has 2 heterocycles. The van der Waals surface area contributed by atoms with Crippen LogP contribution in [-0.4, -0.2) is 23.2 Å². The number of hydrogen-bond donors (Lipinski definition) is 3.